The molecule has 1 aromatic carbocycles. The molecule has 2 heterocycles. The van der Waals surface area contributed by atoms with Crippen LogP contribution >= 0.6 is 11.3 Å². The molecule has 2 aromatic rings. The standard InChI is InChI=1S/C16H18N2O4S2/c19-14(20)9-12-5-4-8-18(11-12)24(21,22)15-10-17-16(23-15)13-6-2-1-3-7-13/h1-3,6-7,10,12H,4-5,8-9,11H2,(H,19,20). The van der Waals surface area contributed by atoms with Crippen LogP contribution in [-0.4, -0.2) is 41.9 Å². The van der Waals surface area contributed by atoms with Crippen molar-refractivity contribution < 1.29 is 18.3 Å². The second-order valence-electron chi connectivity index (χ2n) is 5.82. The number of carboxylic acids is 1. The van der Waals surface area contributed by atoms with Gasteiger partial charge in [-0.1, -0.05) is 30.3 Å². The Labute approximate surface area is 144 Å². The molecular weight excluding hydrogens is 348 g/mol. The first-order chi connectivity index (χ1) is 11.5. The highest BCUT2D eigenvalue weighted by Crippen LogP contribution is 2.32. The van der Waals surface area contributed by atoms with Crippen LogP contribution < -0.4 is 0 Å². The Morgan fingerprint density at radius 1 is 1.33 bits per heavy atom. The van der Waals surface area contributed by atoms with Gasteiger partial charge in [-0.3, -0.25) is 4.79 Å². The van der Waals surface area contributed by atoms with Crippen molar-refractivity contribution >= 4 is 27.3 Å². The Bertz CT molecular complexity index is 818. The van der Waals surface area contributed by atoms with Gasteiger partial charge in [-0.15, -0.1) is 11.3 Å². The zero-order chi connectivity index (χ0) is 17.2. The molecule has 8 heteroatoms. The maximum absolute atomic E-state index is 12.8. The molecule has 0 spiro atoms. The topological polar surface area (TPSA) is 87.6 Å². The minimum absolute atomic E-state index is 0.00394. The number of aliphatic carboxylic acids is 1. The molecule has 1 aliphatic heterocycles. The molecule has 0 aliphatic carbocycles. The molecule has 0 amide bonds. The quantitative estimate of drug-likeness (QED) is 0.879. The first kappa shape index (κ1) is 17.1. The molecule has 0 radical (unpaired) electrons. The van der Waals surface area contributed by atoms with Gasteiger partial charge in [-0.25, -0.2) is 13.4 Å². The van der Waals surface area contributed by atoms with Gasteiger partial charge in [-0.05, 0) is 18.8 Å². The van der Waals surface area contributed by atoms with E-state index < -0.39 is 16.0 Å². The lowest BCUT2D eigenvalue weighted by atomic mass is 9.96. The highest BCUT2D eigenvalue weighted by atomic mass is 32.2. The van der Waals surface area contributed by atoms with Gasteiger partial charge in [0.15, 0.2) is 4.21 Å². The number of nitrogens with zero attached hydrogens (tertiary/aromatic N) is 2. The third kappa shape index (κ3) is 3.66. The number of hydrogen-bond acceptors (Lipinski definition) is 5. The zero-order valence-electron chi connectivity index (χ0n) is 13.0. The minimum atomic E-state index is -3.62. The fourth-order valence-corrected chi connectivity index (χ4v) is 5.73. The summed E-state index contributed by atoms with van der Waals surface area (Å²) in [5.41, 5.74) is 0.881. The molecule has 24 heavy (non-hydrogen) atoms. The monoisotopic (exact) mass is 366 g/mol. The molecule has 1 atom stereocenters. The lowest BCUT2D eigenvalue weighted by Gasteiger charge is -2.30. The molecule has 0 bridgehead atoms. The van der Waals surface area contributed by atoms with Crippen LogP contribution in [-0.2, 0) is 14.8 Å². The molecule has 1 unspecified atom stereocenters. The third-order valence-corrected chi connectivity index (χ3v) is 7.39. The summed E-state index contributed by atoms with van der Waals surface area (Å²) >= 11 is 1.14. The van der Waals surface area contributed by atoms with Gasteiger partial charge in [0.2, 0.25) is 0 Å². The fourth-order valence-electron chi connectivity index (χ4n) is 2.88. The van der Waals surface area contributed by atoms with Crippen molar-refractivity contribution in [3.05, 3.63) is 36.5 Å². The summed E-state index contributed by atoms with van der Waals surface area (Å²) in [6.07, 6.45) is 2.82. The smallest absolute Gasteiger partial charge is 0.303 e. The van der Waals surface area contributed by atoms with Crippen molar-refractivity contribution in [3.63, 3.8) is 0 Å². The van der Waals surface area contributed by atoms with E-state index in [0.29, 0.717) is 18.0 Å². The van der Waals surface area contributed by atoms with Gasteiger partial charge >= 0.3 is 5.97 Å². The van der Waals surface area contributed by atoms with Gasteiger partial charge in [-0.2, -0.15) is 4.31 Å². The SMILES string of the molecule is O=C(O)CC1CCCN(S(=O)(=O)c2cnc(-c3ccccc3)s2)C1. The van der Waals surface area contributed by atoms with Gasteiger partial charge in [0.1, 0.15) is 5.01 Å². The molecule has 1 N–H and O–H groups in total. The Morgan fingerprint density at radius 2 is 2.08 bits per heavy atom. The molecule has 128 valence electrons. The van der Waals surface area contributed by atoms with Crippen molar-refractivity contribution in [1.29, 1.82) is 0 Å². The molecule has 1 aliphatic rings. The van der Waals surface area contributed by atoms with E-state index in [-0.39, 0.29) is 23.1 Å². The molecule has 0 saturated carbocycles. The highest BCUT2D eigenvalue weighted by molar-refractivity contribution is 7.91. The molecule has 1 fully saturated rings. The van der Waals surface area contributed by atoms with Gasteiger partial charge in [0.05, 0.1) is 6.20 Å². The van der Waals surface area contributed by atoms with Crippen molar-refractivity contribution in [2.45, 2.75) is 23.5 Å². The van der Waals surface area contributed by atoms with E-state index in [0.717, 1.165) is 23.3 Å². The van der Waals surface area contributed by atoms with Gasteiger partial charge < -0.3 is 5.11 Å². The number of benzene rings is 1. The summed E-state index contributed by atoms with van der Waals surface area (Å²) in [7, 11) is -3.62. The van der Waals surface area contributed by atoms with Gasteiger partial charge in [0.25, 0.3) is 10.0 Å². The van der Waals surface area contributed by atoms with Crippen molar-refractivity contribution in [3.8, 4) is 10.6 Å². The van der Waals surface area contributed by atoms with E-state index >= 15 is 0 Å². The summed E-state index contributed by atoms with van der Waals surface area (Å²) in [5.74, 6) is -1.02. The lowest BCUT2D eigenvalue weighted by molar-refractivity contribution is -0.138. The number of rotatable bonds is 5. The Hall–Kier alpha value is -1.77. The Balaban J connectivity index is 1.80. The predicted molar refractivity (Wildman–Crippen MR) is 91.3 cm³/mol. The van der Waals surface area contributed by atoms with Crippen LogP contribution in [0.3, 0.4) is 0 Å². The van der Waals surface area contributed by atoms with Crippen LogP contribution in [0.5, 0.6) is 0 Å². The summed E-state index contributed by atoms with van der Waals surface area (Å²) < 4.78 is 27.2. The number of hydrogen-bond donors (Lipinski definition) is 1. The van der Waals surface area contributed by atoms with Crippen LogP contribution in [0.4, 0.5) is 0 Å². The number of carboxylic acid groups (broad SMARTS) is 1. The van der Waals surface area contributed by atoms with E-state index in [1.165, 1.54) is 10.5 Å². The first-order valence-electron chi connectivity index (χ1n) is 7.70. The van der Waals surface area contributed by atoms with Crippen LogP contribution in [0.2, 0.25) is 0 Å². The number of aromatic nitrogens is 1. The maximum Gasteiger partial charge on any atom is 0.303 e. The number of piperidine rings is 1. The summed E-state index contributed by atoms with van der Waals surface area (Å²) in [6.45, 7) is 0.685. The minimum Gasteiger partial charge on any atom is -0.481 e. The van der Waals surface area contributed by atoms with Crippen LogP contribution in [0.15, 0.2) is 40.7 Å². The summed E-state index contributed by atoms with van der Waals surface area (Å²) in [6, 6.07) is 9.43. The third-order valence-electron chi connectivity index (χ3n) is 4.04. The highest BCUT2D eigenvalue weighted by Gasteiger charge is 2.32. The lowest BCUT2D eigenvalue weighted by Crippen LogP contribution is -2.40. The van der Waals surface area contributed by atoms with E-state index in [4.69, 9.17) is 5.11 Å². The van der Waals surface area contributed by atoms with Gasteiger partial charge in [0, 0.05) is 25.1 Å². The van der Waals surface area contributed by atoms with Crippen LogP contribution in [0.25, 0.3) is 10.6 Å². The second kappa shape index (κ2) is 7.00. The fraction of sp³-hybridized carbons (Fsp3) is 0.375. The molecule has 3 rings (SSSR count). The average Bonchev–Trinajstić information content (AvgIpc) is 3.06. The van der Waals surface area contributed by atoms with Crippen LogP contribution in [0, 0.1) is 5.92 Å². The molecule has 6 nitrogen and oxygen atoms in total. The predicted octanol–water partition coefficient (Wildman–Crippen LogP) is 2.69. The molecule has 1 saturated heterocycles. The summed E-state index contributed by atoms with van der Waals surface area (Å²) in [4.78, 5) is 15.1. The van der Waals surface area contributed by atoms with E-state index in [1.54, 1.807) is 0 Å². The summed E-state index contributed by atoms with van der Waals surface area (Å²) in [5, 5.41) is 9.59. The number of carbonyl (C=O) groups is 1. The molecule has 1 aromatic heterocycles. The van der Waals surface area contributed by atoms with Crippen LogP contribution in [0.1, 0.15) is 19.3 Å². The van der Waals surface area contributed by atoms with Crippen molar-refractivity contribution in [1.82, 2.24) is 9.29 Å². The van der Waals surface area contributed by atoms with E-state index in [2.05, 4.69) is 4.98 Å². The van der Waals surface area contributed by atoms with Crippen molar-refractivity contribution in [2.24, 2.45) is 5.92 Å². The molecular formula is C16H18N2O4S2. The maximum atomic E-state index is 12.8. The van der Waals surface area contributed by atoms with E-state index in [9.17, 15) is 13.2 Å². The normalized spacial score (nSPS) is 19.2. The number of sulfonamides is 1. The number of thiazole rings is 1. The second-order valence-corrected chi connectivity index (χ2v) is 9.02. The first-order valence-corrected chi connectivity index (χ1v) is 9.95. The van der Waals surface area contributed by atoms with E-state index in [1.807, 2.05) is 30.3 Å². The Kier molecular flexibility index (Phi) is 4.98. The largest absolute Gasteiger partial charge is 0.481 e. The average molecular weight is 366 g/mol. The Morgan fingerprint density at radius 3 is 2.79 bits per heavy atom. The zero-order valence-corrected chi connectivity index (χ0v) is 14.6. The van der Waals surface area contributed by atoms with Crippen molar-refractivity contribution in [2.75, 3.05) is 13.1 Å².